The summed E-state index contributed by atoms with van der Waals surface area (Å²) in [4.78, 5) is 23.9. The minimum absolute atomic E-state index is 0.0689. The Morgan fingerprint density at radius 2 is 1.45 bits per heavy atom. The van der Waals surface area contributed by atoms with E-state index in [9.17, 15) is 18.0 Å². The summed E-state index contributed by atoms with van der Waals surface area (Å²) in [6, 6.07) is 13.6. The number of rotatable bonds is 8. The summed E-state index contributed by atoms with van der Waals surface area (Å²) in [7, 11) is -3.52. The topological polar surface area (TPSA) is 105 Å². The van der Waals surface area contributed by atoms with Crippen LogP contribution in [-0.4, -0.2) is 50.8 Å². The molecule has 1 aliphatic heterocycles. The average molecular weight is 446 g/mol. The molecule has 2 N–H and O–H groups in total. The fourth-order valence-electron chi connectivity index (χ4n) is 3.13. The number of nitrogens with one attached hydrogen (secondary N) is 2. The van der Waals surface area contributed by atoms with Crippen LogP contribution in [0.3, 0.4) is 0 Å². The molecule has 0 atom stereocenters. The smallest absolute Gasteiger partial charge is 0.243 e. The first kappa shape index (κ1) is 22.9. The van der Waals surface area contributed by atoms with Gasteiger partial charge in [-0.05, 0) is 48.4 Å². The number of benzene rings is 2. The van der Waals surface area contributed by atoms with Gasteiger partial charge in [0.25, 0.3) is 0 Å². The summed E-state index contributed by atoms with van der Waals surface area (Å²) in [5.74, 6) is -0.212. The molecule has 0 unspecified atom stereocenters. The van der Waals surface area contributed by atoms with E-state index in [4.69, 9.17) is 4.74 Å². The number of morpholine rings is 1. The van der Waals surface area contributed by atoms with Crippen molar-refractivity contribution in [2.75, 3.05) is 36.9 Å². The van der Waals surface area contributed by atoms with Gasteiger partial charge in [-0.25, -0.2) is 8.42 Å². The maximum absolute atomic E-state index is 12.7. The van der Waals surface area contributed by atoms with E-state index in [1.165, 1.54) is 4.31 Å². The Kier molecular flexibility index (Phi) is 7.78. The Morgan fingerprint density at radius 3 is 2.00 bits per heavy atom. The molecule has 2 aromatic carbocycles. The van der Waals surface area contributed by atoms with Crippen LogP contribution in [0, 0.1) is 0 Å². The summed E-state index contributed by atoms with van der Waals surface area (Å²) in [6.45, 7) is 3.30. The molecule has 0 aromatic heterocycles. The first-order valence-electron chi connectivity index (χ1n) is 10.2. The number of aryl methyl sites for hydroxylation is 1. The average Bonchev–Trinajstić information content (AvgIpc) is 2.80. The molecule has 8 nitrogen and oxygen atoms in total. The van der Waals surface area contributed by atoms with Gasteiger partial charge >= 0.3 is 0 Å². The highest BCUT2D eigenvalue weighted by molar-refractivity contribution is 7.89. The third kappa shape index (κ3) is 6.36. The Morgan fingerprint density at radius 1 is 0.903 bits per heavy atom. The molecule has 0 aliphatic carbocycles. The van der Waals surface area contributed by atoms with Crippen LogP contribution in [0.5, 0.6) is 0 Å². The van der Waals surface area contributed by atoms with Crippen molar-refractivity contribution in [2.45, 2.75) is 31.1 Å². The third-order valence-corrected chi connectivity index (χ3v) is 6.86. The van der Waals surface area contributed by atoms with E-state index in [2.05, 4.69) is 10.6 Å². The normalized spacial score (nSPS) is 14.7. The predicted molar refractivity (Wildman–Crippen MR) is 118 cm³/mol. The van der Waals surface area contributed by atoms with E-state index < -0.39 is 10.0 Å². The highest BCUT2D eigenvalue weighted by Gasteiger charge is 2.26. The zero-order valence-electron chi connectivity index (χ0n) is 17.5. The number of hydrogen-bond donors (Lipinski definition) is 2. The van der Waals surface area contributed by atoms with Gasteiger partial charge < -0.3 is 15.4 Å². The van der Waals surface area contributed by atoms with Crippen molar-refractivity contribution in [1.82, 2.24) is 4.31 Å². The minimum Gasteiger partial charge on any atom is -0.379 e. The SMILES string of the molecule is CCC(=O)Nc1ccc(NC(=O)CCc2ccc(S(=O)(=O)N3CCOCC3)cc2)cc1. The van der Waals surface area contributed by atoms with Gasteiger partial charge in [-0.2, -0.15) is 4.31 Å². The van der Waals surface area contributed by atoms with Crippen LogP contribution in [0.2, 0.25) is 0 Å². The Labute approximate surface area is 182 Å². The summed E-state index contributed by atoms with van der Waals surface area (Å²) in [5.41, 5.74) is 2.21. The molecule has 9 heteroatoms. The fourth-order valence-corrected chi connectivity index (χ4v) is 4.54. The number of ether oxygens (including phenoxy) is 1. The molecule has 1 heterocycles. The number of hydrogen-bond acceptors (Lipinski definition) is 5. The molecule has 1 saturated heterocycles. The largest absolute Gasteiger partial charge is 0.379 e. The second kappa shape index (κ2) is 10.5. The number of anilines is 2. The van der Waals surface area contributed by atoms with Gasteiger partial charge in [0.05, 0.1) is 18.1 Å². The van der Waals surface area contributed by atoms with Crippen LogP contribution in [0.4, 0.5) is 11.4 Å². The zero-order chi connectivity index (χ0) is 22.3. The van der Waals surface area contributed by atoms with E-state index in [0.29, 0.717) is 50.5 Å². The number of nitrogens with zero attached hydrogens (tertiary/aromatic N) is 1. The molecular weight excluding hydrogens is 418 g/mol. The first-order chi connectivity index (χ1) is 14.9. The van der Waals surface area contributed by atoms with Gasteiger partial charge in [0.1, 0.15) is 0 Å². The summed E-state index contributed by atoms with van der Waals surface area (Å²) >= 11 is 0. The minimum atomic E-state index is -3.52. The van der Waals surface area contributed by atoms with Crippen LogP contribution >= 0.6 is 0 Å². The van der Waals surface area contributed by atoms with Crippen LogP contribution < -0.4 is 10.6 Å². The summed E-state index contributed by atoms with van der Waals surface area (Å²) < 4.78 is 31.9. The molecule has 0 radical (unpaired) electrons. The van der Waals surface area contributed by atoms with Crippen LogP contribution in [0.15, 0.2) is 53.4 Å². The van der Waals surface area contributed by atoms with E-state index in [1.54, 1.807) is 55.5 Å². The van der Waals surface area contributed by atoms with Crippen molar-refractivity contribution in [3.8, 4) is 0 Å². The van der Waals surface area contributed by atoms with E-state index >= 15 is 0 Å². The molecule has 2 amide bonds. The Hall–Kier alpha value is -2.75. The standard InChI is InChI=1S/C22H27N3O5S/c1-2-21(26)23-18-6-8-19(9-7-18)24-22(27)12-5-17-3-10-20(11-4-17)31(28,29)25-13-15-30-16-14-25/h3-4,6-11H,2,5,12-16H2,1H3,(H,23,26)(H,24,27). The molecule has 2 aromatic rings. The van der Waals surface area contributed by atoms with Gasteiger partial charge in [-0.3, -0.25) is 9.59 Å². The molecule has 1 aliphatic rings. The fraction of sp³-hybridized carbons (Fsp3) is 0.364. The van der Waals surface area contributed by atoms with Gasteiger partial charge in [0, 0.05) is 37.3 Å². The van der Waals surface area contributed by atoms with Crippen molar-refractivity contribution in [2.24, 2.45) is 0 Å². The van der Waals surface area contributed by atoms with Crippen LogP contribution in [0.25, 0.3) is 0 Å². The van der Waals surface area contributed by atoms with Crippen LogP contribution in [0.1, 0.15) is 25.3 Å². The van der Waals surface area contributed by atoms with Gasteiger partial charge in [0.2, 0.25) is 21.8 Å². The van der Waals surface area contributed by atoms with Crippen LogP contribution in [-0.2, 0) is 30.8 Å². The second-order valence-electron chi connectivity index (χ2n) is 7.19. The van der Waals surface area contributed by atoms with E-state index in [1.807, 2.05) is 0 Å². The monoisotopic (exact) mass is 445 g/mol. The van der Waals surface area contributed by atoms with Crippen molar-refractivity contribution in [1.29, 1.82) is 0 Å². The molecule has 31 heavy (non-hydrogen) atoms. The number of carbonyl (C=O) groups is 2. The Balaban J connectivity index is 1.50. The molecule has 1 fully saturated rings. The highest BCUT2D eigenvalue weighted by atomic mass is 32.2. The van der Waals surface area contributed by atoms with Gasteiger partial charge in [0.15, 0.2) is 0 Å². The second-order valence-corrected chi connectivity index (χ2v) is 9.13. The lowest BCUT2D eigenvalue weighted by molar-refractivity contribution is -0.116. The van der Waals surface area contributed by atoms with Crippen molar-refractivity contribution in [3.05, 3.63) is 54.1 Å². The lowest BCUT2D eigenvalue weighted by atomic mass is 10.1. The summed E-state index contributed by atoms with van der Waals surface area (Å²) in [5, 5.41) is 5.57. The molecule has 3 rings (SSSR count). The van der Waals surface area contributed by atoms with Gasteiger partial charge in [-0.1, -0.05) is 19.1 Å². The van der Waals surface area contributed by atoms with Crippen molar-refractivity contribution < 1.29 is 22.7 Å². The molecule has 0 saturated carbocycles. The highest BCUT2D eigenvalue weighted by Crippen LogP contribution is 2.19. The number of amides is 2. The van der Waals surface area contributed by atoms with E-state index in [0.717, 1.165) is 5.56 Å². The summed E-state index contributed by atoms with van der Waals surface area (Å²) in [6.07, 6.45) is 1.16. The van der Waals surface area contributed by atoms with E-state index in [-0.39, 0.29) is 23.1 Å². The molecular formula is C22H27N3O5S. The number of carbonyl (C=O) groups excluding carboxylic acids is 2. The zero-order valence-corrected chi connectivity index (χ0v) is 18.3. The maximum atomic E-state index is 12.7. The van der Waals surface area contributed by atoms with Crippen molar-refractivity contribution >= 4 is 33.2 Å². The lowest BCUT2D eigenvalue weighted by Gasteiger charge is -2.26. The maximum Gasteiger partial charge on any atom is 0.243 e. The molecule has 0 bridgehead atoms. The first-order valence-corrected chi connectivity index (χ1v) is 11.7. The number of sulfonamides is 1. The van der Waals surface area contributed by atoms with Crippen molar-refractivity contribution in [3.63, 3.8) is 0 Å². The molecule has 166 valence electrons. The third-order valence-electron chi connectivity index (χ3n) is 4.95. The Bertz CT molecular complexity index is 998. The quantitative estimate of drug-likeness (QED) is 0.650. The van der Waals surface area contributed by atoms with Gasteiger partial charge in [-0.15, -0.1) is 0 Å². The predicted octanol–water partition coefficient (Wildman–Crippen LogP) is 2.63. The molecule has 0 spiro atoms. The lowest BCUT2D eigenvalue weighted by Crippen LogP contribution is -2.40.